The smallest absolute Gasteiger partial charge is 0.243 e. The Bertz CT molecular complexity index is 628. The van der Waals surface area contributed by atoms with E-state index in [0.717, 1.165) is 25.2 Å². The Morgan fingerprint density at radius 2 is 2.04 bits per heavy atom. The molecular formula is C20H30N2O3. The third-order valence-corrected chi connectivity index (χ3v) is 6.10. The molecule has 3 atom stereocenters. The van der Waals surface area contributed by atoms with Crippen LogP contribution in [0.2, 0.25) is 0 Å². The molecular weight excluding hydrogens is 316 g/mol. The molecule has 0 radical (unpaired) electrons. The van der Waals surface area contributed by atoms with Crippen LogP contribution in [-0.2, 0) is 9.53 Å². The second kappa shape index (κ2) is 6.61. The van der Waals surface area contributed by atoms with Gasteiger partial charge in [0.2, 0.25) is 5.91 Å². The number of carbonyl (C=O) groups excluding carboxylic acids is 1. The SMILES string of the molecule is Cc1ccc(OCCN(C)C(=O)C2(N)C3CCCOC3C2(C)C)cc1. The van der Waals surface area contributed by atoms with Gasteiger partial charge in [0, 0.05) is 25.0 Å². The summed E-state index contributed by atoms with van der Waals surface area (Å²) in [5.41, 5.74) is 6.67. The van der Waals surface area contributed by atoms with Crippen molar-refractivity contribution in [1.29, 1.82) is 0 Å². The lowest BCUT2D eigenvalue weighted by Gasteiger charge is -2.65. The summed E-state index contributed by atoms with van der Waals surface area (Å²) in [7, 11) is 1.81. The molecule has 1 aromatic rings. The summed E-state index contributed by atoms with van der Waals surface area (Å²) >= 11 is 0. The predicted molar refractivity (Wildman–Crippen MR) is 97.5 cm³/mol. The predicted octanol–water partition coefficient (Wildman–Crippen LogP) is 2.36. The van der Waals surface area contributed by atoms with Crippen molar-refractivity contribution < 1.29 is 14.3 Å². The van der Waals surface area contributed by atoms with Crippen molar-refractivity contribution in [2.24, 2.45) is 17.1 Å². The maximum Gasteiger partial charge on any atom is 0.243 e. The van der Waals surface area contributed by atoms with Gasteiger partial charge in [0.15, 0.2) is 0 Å². The molecule has 0 spiro atoms. The topological polar surface area (TPSA) is 64.8 Å². The van der Waals surface area contributed by atoms with E-state index in [4.69, 9.17) is 15.2 Å². The van der Waals surface area contributed by atoms with Gasteiger partial charge >= 0.3 is 0 Å². The second-order valence-electron chi connectivity index (χ2n) is 8.02. The molecule has 5 nitrogen and oxygen atoms in total. The summed E-state index contributed by atoms with van der Waals surface area (Å²) in [6, 6.07) is 7.92. The first-order valence-electron chi connectivity index (χ1n) is 9.14. The number of aryl methyl sites for hydroxylation is 1. The van der Waals surface area contributed by atoms with E-state index in [9.17, 15) is 4.79 Å². The zero-order chi connectivity index (χ0) is 18.2. The van der Waals surface area contributed by atoms with Gasteiger partial charge in [0.05, 0.1) is 12.6 Å². The molecule has 25 heavy (non-hydrogen) atoms. The van der Waals surface area contributed by atoms with Crippen molar-refractivity contribution in [3.63, 3.8) is 0 Å². The van der Waals surface area contributed by atoms with Crippen LogP contribution in [-0.4, -0.2) is 49.3 Å². The van der Waals surface area contributed by atoms with Crippen LogP contribution in [0, 0.1) is 18.3 Å². The molecule has 1 heterocycles. The van der Waals surface area contributed by atoms with E-state index in [-0.39, 0.29) is 23.3 Å². The highest BCUT2D eigenvalue weighted by molar-refractivity contribution is 5.89. The molecule has 2 aliphatic rings. The summed E-state index contributed by atoms with van der Waals surface area (Å²) in [4.78, 5) is 14.8. The van der Waals surface area contributed by atoms with Gasteiger partial charge in [-0.1, -0.05) is 31.5 Å². The van der Waals surface area contributed by atoms with Crippen molar-refractivity contribution in [3.05, 3.63) is 29.8 Å². The molecule has 2 N–H and O–H groups in total. The lowest BCUT2D eigenvalue weighted by molar-refractivity contribution is -0.229. The monoisotopic (exact) mass is 346 g/mol. The minimum absolute atomic E-state index is 0.00300. The second-order valence-corrected chi connectivity index (χ2v) is 8.02. The molecule has 1 saturated heterocycles. The van der Waals surface area contributed by atoms with Crippen LogP contribution in [0.1, 0.15) is 32.3 Å². The average Bonchev–Trinajstić information content (AvgIpc) is 2.61. The number of likely N-dealkylation sites (N-methyl/N-ethyl adjacent to an activating group) is 1. The first-order chi connectivity index (χ1) is 11.8. The summed E-state index contributed by atoms with van der Waals surface area (Å²) in [5.74, 6) is 0.930. The highest BCUT2D eigenvalue weighted by atomic mass is 16.5. The van der Waals surface area contributed by atoms with Gasteiger partial charge in [-0.3, -0.25) is 4.79 Å². The van der Waals surface area contributed by atoms with Crippen LogP contribution < -0.4 is 10.5 Å². The maximum atomic E-state index is 13.1. The number of nitrogens with two attached hydrogens (primary N) is 1. The summed E-state index contributed by atoms with van der Waals surface area (Å²) in [5, 5.41) is 0. The van der Waals surface area contributed by atoms with Crippen molar-refractivity contribution >= 4 is 5.91 Å². The third kappa shape index (κ3) is 2.93. The summed E-state index contributed by atoms with van der Waals surface area (Å²) < 4.78 is 11.6. The molecule has 1 aliphatic carbocycles. The van der Waals surface area contributed by atoms with Crippen LogP contribution in [0.15, 0.2) is 24.3 Å². The Hall–Kier alpha value is -1.59. The fraction of sp³-hybridized carbons (Fsp3) is 0.650. The van der Waals surface area contributed by atoms with E-state index in [1.807, 2.05) is 52.1 Å². The molecule has 5 heteroatoms. The Morgan fingerprint density at radius 1 is 1.36 bits per heavy atom. The molecule has 0 bridgehead atoms. The molecule has 3 unspecified atom stereocenters. The fourth-order valence-corrected chi connectivity index (χ4v) is 4.36. The maximum absolute atomic E-state index is 13.1. The van der Waals surface area contributed by atoms with Gasteiger partial charge in [-0.25, -0.2) is 0 Å². The Kier molecular flexibility index (Phi) is 4.82. The zero-order valence-electron chi connectivity index (χ0n) is 15.7. The van der Waals surface area contributed by atoms with Crippen LogP contribution in [0.4, 0.5) is 0 Å². The highest BCUT2D eigenvalue weighted by Crippen LogP contribution is 2.57. The molecule has 1 aliphatic heterocycles. The van der Waals surface area contributed by atoms with Crippen molar-refractivity contribution in [1.82, 2.24) is 4.90 Å². The van der Waals surface area contributed by atoms with Crippen molar-refractivity contribution in [2.45, 2.75) is 45.3 Å². The van der Waals surface area contributed by atoms with E-state index in [1.165, 1.54) is 5.56 Å². The summed E-state index contributed by atoms with van der Waals surface area (Å²) in [6.45, 7) is 7.88. The van der Waals surface area contributed by atoms with Crippen molar-refractivity contribution in [2.75, 3.05) is 26.8 Å². The average molecular weight is 346 g/mol. The largest absolute Gasteiger partial charge is 0.492 e. The lowest BCUT2D eigenvalue weighted by atomic mass is 9.46. The van der Waals surface area contributed by atoms with E-state index >= 15 is 0 Å². The zero-order valence-corrected chi connectivity index (χ0v) is 15.7. The quantitative estimate of drug-likeness (QED) is 0.889. The third-order valence-electron chi connectivity index (χ3n) is 6.10. The van der Waals surface area contributed by atoms with E-state index < -0.39 is 5.54 Å². The number of hydrogen-bond acceptors (Lipinski definition) is 4. The number of nitrogens with zero attached hydrogens (tertiary/aromatic N) is 1. The molecule has 2 fully saturated rings. The van der Waals surface area contributed by atoms with Gasteiger partial charge < -0.3 is 20.1 Å². The van der Waals surface area contributed by atoms with Gasteiger partial charge in [0.25, 0.3) is 0 Å². The Balaban J connectivity index is 1.59. The minimum Gasteiger partial charge on any atom is -0.492 e. The number of carbonyl (C=O) groups is 1. The number of benzene rings is 1. The van der Waals surface area contributed by atoms with E-state index in [2.05, 4.69) is 0 Å². The molecule has 1 saturated carbocycles. The van der Waals surface area contributed by atoms with Crippen LogP contribution in [0.3, 0.4) is 0 Å². The van der Waals surface area contributed by atoms with Crippen LogP contribution in [0.5, 0.6) is 5.75 Å². The van der Waals surface area contributed by atoms with Crippen molar-refractivity contribution in [3.8, 4) is 5.75 Å². The highest BCUT2D eigenvalue weighted by Gasteiger charge is 2.70. The summed E-state index contributed by atoms with van der Waals surface area (Å²) in [6.07, 6.45) is 2.03. The number of fused-ring (bicyclic) bond motifs is 1. The molecule has 0 aromatic heterocycles. The number of hydrogen-bond donors (Lipinski definition) is 1. The Labute approximate surface area is 150 Å². The number of rotatable bonds is 5. The first kappa shape index (κ1) is 18.2. The fourth-order valence-electron chi connectivity index (χ4n) is 4.36. The normalized spacial score (nSPS) is 30.1. The molecule has 1 aromatic carbocycles. The van der Waals surface area contributed by atoms with Crippen LogP contribution in [0.25, 0.3) is 0 Å². The first-order valence-corrected chi connectivity index (χ1v) is 9.14. The lowest BCUT2D eigenvalue weighted by Crippen LogP contribution is -2.82. The van der Waals surface area contributed by atoms with Crippen LogP contribution >= 0.6 is 0 Å². The van der Waals surface area contributed by atoms with E-state index in [1.54, 1.807) is 4.90 Å². The van der Waals surface area contributed by atoms with Gasteiger partial charge in [-0.05, 0) is 31.9 Å². The molecule has 138 valence electrons. The van der Waals surface area contributed by atoms with Gasteiger partial charge in [-0.15, -0.1) is 0 Å². The minimum atomic E-state index is -0.851. The standard InChI is InChI=1S/C20H30N2O3/c1-14-7-9-15(10-8-14)24-13-11-22(4)18(23)20(21)16-6-5-12-25-17(16)19(20,2)3/h7-10,16-17H,5-6,11-13,21H2,1-4H3. The van der Waals surface area contributed by atoms with Gasteiger partial charge in [0.1, 0.15) is 17.9 Å². The van der Waals surface area contributed by atoms with E-state index in [0.29, 0.717) is 13.2 Å². The molecule has 1 amide bonds. The molecule has 3 rings (SSSR count). The number of amides is 1. The number of ether oxygens (including phenoxy) is 2. The Morgan fingerprint density at radius 3 is 2.72 bits per heavy atom. The van der Waals surface area contributed by atoms with Gasteiger partial charge in [-0.2, -0.15) is 0 Å².